The lowest BCUT2D eigenvalue weighted by Gasteiger charge is -2.41. The van der Waals surface area contributed by atoms with E-state index in [0.717, 1.165) is 78.6 Å². The van der Waals surface area contributed by atoms with Crippen LogP contribution < -0.4 is 28.9 Å². The van der Waals surface area contributed by atoms with Gasteiger partial charge in [-0.05, 0) is 155 Å². The van der Waals surface area contributed by atoms with Gasteiger partial charge >= 0.3 is 11.9 Å². The van der Waals surface area contributed by atoms with Crippen molar-refractivity contribution in [1.82, 2.24) is 0 Å². The average molecular weight is 1300 g/mol. The van der Waals surface area contributed by atoms with E-state index >= 15 is 0 Å². The molecule has 4 aliphatic rings. The fourth-order valence-electron chi connectivity index (χ4n) is 11.3. The Morgan fingerprint density at radius 3 is 1.11 bits per heavy atom. The molecule has 8 aromatic rings. The van der Waals surface area contributed by atoms with Crippen molar-refractivity contribution in [1.29, 1.82) is 0 Å². The number of hydrogen-bond acceptors (Lipinski definition) is 15. The number of nitrogens with zero attached hydrogens (tertiary/aromatic N) is 3. The number of carbonyl (C=O) groups is 4. The Bertz CT molecular complexity index is 3810. The molecule has 0 amide bonds. The molecule has 0 saturated heterocycles. The van der Waals surface area contributed by atoms with Crippen molar-refractivity contribution >= 4 is 41.3 Å². The molecule has 0 aliphatic carbocycles. The Morgan fingerprint density at radius 1 is 0.417 bits per heavy atom. The first-order valence-electron chi connectivity index (χ1n) is 33.1. The largest absolute Gasteiger partial charge is 0.508 e. The molecule has 0 radical (unpaired) electrons. The maximum absolute atomic E-state index is 13.6. The SMILES string of the molecule is CC(C)(C)C.CC(C)(C)C.CC(C)(C)C.CCN(CC)c1ccc(C(=O)c2ccccc2OC=O)c(O)c1.CCN(CC)c1ccc2c(c1)Oc1cc3c(cc1C21OC(=O)c2ccccc21)Oc1cc(N(CC)CC)ccc1C31OC(=O)c2ccccc21.Oc1ccc(O)cc1. The molecule has 96 heavy (non-hydrogen) atoms. The van der Waals surface area contributed by atoms with E-state index in [2.05, 4.69) is 138 Å². The fraction of sp³-hybridized carbons (Fsp3) is 0.358. The normalized spacial score (nSPS) is 15.5. The summed E-state index contributed by atoms with van der Waals surface area (Å²) in [4.78, 5) is 57.0. The van der Waals surface area contributed by atoms with Crippen molar-refractivity contribution in [3.63, 3.8) is 0 Å². The first-order valence-corrected chi connectivity index (χ1v) is 33.1. The van der Waals surface area contributed by atoms with Crippen LogP contribution in [-0.4, -0.2) is 78.8 Å². The first kappa shape index (κ1) is 73.6. The number of para-hydroxylation sites is 1. The monoisotopic (exact) mass is 1300 g/mol. The Balaban J connectivity index is 0.000000231. The van der Waals surface area contributed by atoms with Crippen LogP contribution >= 0.6 is 0 Å². The molecule has 15 nitrogen and oxygen atoms in total. The number of phenolic OH excluding ortho intramolecular Hbond substituents is 3. The van der Waals surface area contributed by atoms with E-state index in [0.29, 0.717) is 61.5 Å². The van der Waals surface area contributed by atoms with E-state index in [1.165, 1.54) is 30.3 Å². The summed E-state index contributed by atoms with van der Waals surface area (Å²) in [6.45, 7) is 43.9. The number of ether oxygens (including phenoxy) is 5. The highest BCUT2D eigenvalue weighted by Crippen LogP contribution is 2.62. The molecule has 0 aromatic heterocycles. The summed E-state index contributed by atoms with van der Waals surface area (Å²) in [6, 6.07) is 48.1. The standard InChI is InChI=1S/C42H36N2O6.C18H19NO4.C6H6O2.3C5H12/c1-5-43(6-2)25-17-19-31-35(21-25)47-37-23-34-38(24-33(37)41(31)29-15-11-9-13-27(29)39(45)49-41)48-36-22-26(44(7-3)8-4)18-20-32(36)42(34)30-16-12-10-14-28(30)40(46)50-42;1-3-19(4-2)13-9-10-14(16(21)11-13)18(22)15-7-5-6-8-17(15)23-12-20;7-5-1-2-6(8)4-3-5;3*1-5(2,3)4/h9-24H,5-8H2,1-4H3;5-12,21H,3-4H2,1-2H3;1-4,7-8H;3*1-4H3. The molecular formula is C81H97N3O12. The van der Waals surface area contributed by atoms with Crippen molar-refractivity contribution in [2.75, 3.05) is 54.0 Å². The minimum absolute atomic E-state index is 0.0969. The third-order valence-corrected chi connectivity index (χ3v) is 15.3. The third-order valence-electron chi connectivity index (χ3n) is 15.3. The summed E-state index contributed by atoms with van der Waals surface area (Å²) in [5.74, 6) is 1.35. The smallest absolute Gasteiger partial charge is 0.340 e. The summed E-state index contributed by atoms with van der Waals surface area (Å²) in [7, 11) is 0. The molecule has 4 heterocycles. The molecule has 2 unspecified atom stereocenters. The van der Waals surface area contributed by atoms with Gasteiger partial charge in [0, 0.05) is 96.8 Å². The van der Waals surface area contributed by atoms with E-state index in [-0.39, 0.29) is 40.6 Å². The number of ketones is 1. The zero-order chi connectivity index (χ0) is 70.7. The van der Waals surface area contributed by atoms with Crippen molar-refractivity contribution < 1.29 is 58.2 Å². The topological polar surface area (TPSA) is 185 Å². The van der Waals surface area contributed by atoms with Gasteiger partial charge in [0.2, 0.25) is 0 Å². The van der Waals surface area contributed by atoms with E-state index in [4.69, 9.17) is 33.9 Å². The van der Waals surface area contributed by atoms with Gasteiger partial charge in [-0.15, -0.1) is 0 Å². The second kappa shape index (κ2) is 30.8. The Kier molecular flexibility index (Phi) is 23.6. The van der Waals surface area contributed by atoms with Crippen LogP contribution in [0.5, 0.6) is 46.0 Å². The van der Waals surface area contributed by atoms with Gasteiger partial charge in [-0.1, -0.05) is 132 Å². The molecular weight excluding hydrogens is 1210 g/mol. The summed E-state index contributed by atoms with van der Waals surface area (Å²) in [5.41, 5.74) is 7.35. The highest BCUT2D eigenvalue weighted by atomic mass is 16.6. The number of carbonyl (C=O) groups excluding carboxylic acids is 4. The minimum atomic E-state index is -1.29. The van der Waals surface area contributed by atoms with Crippen LogP contribution in [0.25, 0.3) is 0 Å². The molecule has 0 saturated carbocycles. The zero-order valence-electron chi connectivity index (χ0n) is 59.3. The third kappa shape index (κ3) is 17.0. The zero-order valence-corrected chi connectivity index (χ0v) is 59.3. The highest BCUT2D eigenvalue weighted by molar-refractivity contribution is 6.12. The minimum Gasteiger partial charge on any atom is -0.508 e. The van der Waals surface area contributed by atoms with Crippen molar-refractivity contribution in [3.05, 3.63) is 219 Å². The van der Waals surface area contributed by atoms with E-state index < -0.39 is 28.9 Å². The predicted molar refractivity (Wildman–Crippen MR) is 383 cm³/mol. The molecule has 4 aliphatic heterocycles. The summed E-state index contributed by atoms with van der Waals surface area (Å²) in [5, 5.41) is 27.5. The summed E-state index contributed by atoms with van der Waals surface area (Å²) < 4.78 is 31.5. The maximum Gasteiger partial charge on any atom is 0.340 e. The van der Waals surface area contributed by atoms with Gasteiger partial charge in [0.25, 0.3) is 6.47 Å². The van der Waals surface area contributed by atoms with Gasteiger partial charge in [-0.2, -0.15) is 0 Å². The van der Waals surface area contributed by atoms with Gasteiger partial charge in [-0.25, -0.2) is 9.59 Å². The number of anilines is 3. The molecule has 8 aromatic carbocycles. The number of aromatic hydroxyl groups is 3. The molecule has 508 valence electrons. The van der Waals surface area contributed by atoms with Gasteiger partial charge in [0.05, 0.1) is 33.4 Å². The van der Waals surface area contributed by atoms with Crippen LogP contribution in [0.1, 0.15) is 195 Å². The predicted octanol–water partition coefficient (Wildman–Crippen LogP) is 18.8. The number of phenols is 3. The molecule has 2 spiro atoms. The molecule has 0 fully saturated rings. The van der Waals surface area contributed by atoms with Crippen LogP contribution in [-0.2, 0) is 25.5 Å². The van der Waals surface area contributed by atoms with Crippen LogP contribution in [0.4, 0.5) is 17.1 Å². The lowest BCUT2D eigenvalue weighted by molar-refractivity contribution is -0.120. The quantitative estimate of drug-likeness (QED) is 0.0428. The molecule has 0 bridgehead atoms. The molecule has 3 N–H and O–H groups in total. The molecule has 15 heteroatoms. The fourth-order valence-corrected chi connectivity index (χ4v) is 11.3. The first-order chi connectivity index (χ1) is 45.3. The maximum atomic E-state index is 13.6. The van der Waals surface area contributed by atoms with Gasteiger partial charge in [0.15, 0.2) is 17.0 Å². The van der Waals surface area contributed by atoms with Crippen LogP contribution in [0.15, 0.2) is 164 Å². The van der Waals surface area contributed by atoms with E-state index in [1.54, 1.807) is 48.5 Å². The summed E-state index contributed by atoms with van der Waals surface area (Å²) in [6.07, 6.45) is 0. The average Bonchev–Trinajstić information content (AvgIpc) is 1.44. The molecule has 12 rings (SSSR count). The number of rotatable bonds is 13. The van der Waals surface area contributed by atoms with Gasteiger partial charge < -0.3 is 53.7 Å². The van der Waals surface area contributed by atoms with Crippen LogP contribution in [0.3, 0.4) is 0 Å². The number of hydrogen-bond donors (Lipinski definition) is 3. The van der Waals surface area contributed by atoms with E-state index in [1.807, 2.05) is 86.6 Å². The lowest BCUT2D eigenvalue weighted by Crippen LogP contribution is -2.36. The number of esters is 2. The van der Waals surface area contributed by atoms with E-state index in [9.17, 15) is 24.3 Å². The Morgan fingerprint density at radius 2 is 0.750 bits per heavy atom. The van der Waals surface area contributed by atoms with Crippen molar-refractivity contribution in [3.8, 4) is 46.0 Å². The number of fused-ring (bicyclic) bond motifs is 12. The second-order valence-corrected chi connectivity index (χ2v) is 28.4. The second-order valence-electron chi connectivity index (χ2n) is 28.4. The van der Waals surface area contributed by atoms with Gasteiger partial charge in [0.1, 0.15) is 46.0 Å². The van der Waals surface area contributed by atoms with Crippen molar-refractivity contribution in [2.24, 2.45) is 16.2 Å². The molecule has 2 atom stereocenters. The Hall–Kier alpha value is -9.76. The Labute approximate surface area is 568 Å². The summed E-state index contributed by atoms with van der Waals surface area (Å²) >= 11 is 0. The van der Waals surface area contributed by atoms with Crippen LogP contribution in [0.2, 0.25) is 0 Å². The number of benzene rings is 8. The van der Waals surface area contributed by atoms with Gasteiger partial charge in [-0.3, -0.25) is 9.59 Å². The van der Waals surface area contributed by atoms with Crippen molar-refractivity contribution in [2.45, 2.75) is 136 Å². The lowest BCUT2D eigenvalue weighted by atomic mass is 9.74. The highest BCUT2D eigenvalue weighted by Gasteiger charge is 2.58. The van der Waals surface area contributed by atoms with Crippen LogP contribution in [0, 0.1) is 16.2 Å².